The van der Waals surface area contributed by atoms with Crippen LogP contribution < -0.4 is 10.1 Å². The number of alkyl halides is 1. The van der Waals surface area contributed by atoms with Crippen molar-refractivity contribution < 1.29 is 19.7 Å². The molecule has 0 fully saturated rings. The fourth-order valence-corrected chi connectivity index (χ4v) is 3.74. The number of fused-ring (bicyclic) bond motifs is 1. The Morgan fingerprint density at radius 3 is 2.33 bits per heavy atom. The van der Waals surface area contributed by atoms with E-state index in [-0.39, 0.29) is 23.8 Å². The van der Waals surface area contributed by atoms with E-state index in [1.807, 2.05) is 62.4 Å². The number of carboxylic acids is 1. The van der Waals surface area contributed by atoms with Crippen molar-refractivity contribution in [2.24, 2.45) is 5.92 Å². The van der Waals surface area contributed by atoms with Crippen molar-refractivity contribution in [3.05, 3.63) is 101 Å². The molecular formula is C29H29Cl2NO4. The number of halogens is 2. The van der Waals surface area contributed by atoms with Gasteiger partial charge in [0.15, 0.2) is 0 Å². The summed E-state index contributed by atoms with van der Waals surface area (Å²) in [5.74, 6) is 0.277. The Labute approximate surface area is 221 Å². The minimum Gasteiger partial charge on any atom is -0.510 e. The third-order valence-corrected chi connectivity index (χ3v) is 5.92. The molecule has 7 heteroatoms. The molecule has 0 aliphatic heterocycles. The molecule has 3 aromatic rings. The first-order valence-electron chi connectivity index (χ1n) is 11.5. The summed E-state index contributed by atoms with van der Waals surface area (Å²) in [5.41, 5.74) is 2.86. The van der Waals surface area contributed by atoms with E-state index in [0.717, 1.165) is 21.9 Å². The Morgan fingerprint density at radius 2 is 1.67 bits per heavy atom. The van der Waals surface area contributed by atoms with Crippen molar-refractivity contribution in [2.45, 2.75) is 13.8 Å². The summed E-state index contributed by atoms with van der Waals surface area (Å²) in [4.78, 5) is 11.2. The lowest BCUT2D eigenvalue weighted by Crippen LogP contribution is -2.23. The van der Waals surface area contributed by atoms with Gasteiger partial charge in [-0.3, -0.25) is 0 Å². The molecular weight excluding hydrogens is 497 g/mol. The Morgan fingerprint density at radius 1 is 1.00 bits per heavy atom. The van der Waals surface area contributed by atoms with Crippen LogP contribution in [0.5, 0.6) is 5.75 Å². The van der Waals surface area contributed by atoms with Crippen molar-refractivity contribution in [3.63, 3.8) is 0 Å². The molecule has 188 valence electrons. The Hall–Kier alpha value is -3.41. The lowest BCUT2D eigenvalue weighted by Gasteiger charge is -2.16. The number of hydrogen-bond acceptors (Lipinski definition) is 4. The normalized spacial score (nSPS) is 12.8. The summed E-state index contributed by atoms with van der Waals surface area (Å²) in [5, 5.41) is 25.3. The summed E-state index contributed by atoms with van der Waals surface area (Å²) < 4.78 is 5.94. The average molecular weight is 526 g/mol. The first kappa shape index (κ1) is 27.2. The largest absolute Gasteiger partial charge is 0.510 e. The SMILES string of the molecule is CC(C)/C(O)=C(\COc1ccc(-c2ccc3cc(C(=O)O)ccc3c2)cc1)NC/C(Cl)=C\C=C/CCl. The Kier molecular flexibility index (Phi) is 9.86. The van der Waals surface area contributed by atoms with E-state index >= 15 is 0 Å². The average Bonchev–Trinajstić information content (AvgIpc) is 2.88. The van der Waals surface area contributed by atoms with Gasteiger partial charge in [0.1, 0.15) is 18.1 Å². The van der Waals surface area contributed by atoms with Gasteiger partial charge in [-0.25, -0.2) is 4.79 Å². The molecule has 3 N–H and O–H groups in total. The van der Waals surface area contributed by atoms with Crippen molar-refractivity contribution in [2.75, 3.05) is 19.0 Å². The zero-order valence-corrected chi connectivity index (χ0v) is 21.7. The van der Waals surface area contributed by atoms with Crippen LogP contribution in [0.25, 0.3) is 21.9 Å². The van der Waals surface area contributed by atoms with Crippen LogP contribution in [0.1, 0.15) is 24.2 Å². The van der Waals surface area contributed by atoms with Crippen molar-refractivity contribution in [1.82, 2.24) is 5.32 Å². The minimum absolute atomic E-state index is 0.0724. The number of rotatable bonds is 11. The summed E-state index contributed by atoms with van der Waals surface area (Å²) in [7, 11) is 0. The van der Waals surface area contributed by atoms with Gasteiger partial charge in [0, 0.05) is 16.8 Å². The minimum atomic E-state index is -0.939. The number of aromatic carboxylic acids is 1. The van der Waals surface area contributed by atoms with E-state index in [0.29, 0.717) is 28.9 Å². The van der Waals surface area contributed by atoms with Gasteiger partial charge in [-0.05, 0) is 58.3 Å². The van der Waals surface area contributed by atoms with Crippen molar-refractivity contribution >= 4 is 39.9 Å². The van der Waals surface area contributed by atoms with Crippen molar-refractivity contribution in [3.8, 4) is 16.9 Å². The summed E-state index contributed by atoms with van der Waals surface area (Å²) >= 11 is 11.8. The fraction of sp³-hybridized carbons (Fsp3) is 0.207. The molecule has 0 radical (unpaired) electrons. The van der Waals surface area contributed by atoms with Gasteiger partial charge < -0.3 is 20.3 Å². The first-order chi connectivity index (χ1) is 17.3. The van der Waals surface area contributed by atoms with Crippen LogP contribution in [0, 0.1) is 5.92 Å². The molecule has 0 saturated carbocycles. The number of hydrogen-bond donors (Lipinski definition) is 3. The monoisotopic (exact) mass is 525 g/mol. The molecule has 0 unspecified atom stereocenters. The molecule has 0 heterocycles. The van der Waals surface area contributed by atoms with Gasteiger partial charge >= 0.3 is 5.97 Å². The van der Waals surface area contributed by atoms with Gasteiger partial charge in [-0.1, -0.05) is 67.9 Å². The van der Waals surface area contributed by atoms with E-state index in [1.165, 1.54) is 0 Å². The highest BCUT2D eigenvalue weighted by atomic mass is 35.5. The van der Waals surface area contributed by atoms with Crippen LogP contribution >= 0.6 is 23.2 Å². The lowest BCUT2D eigenvalue weighted by atomic mass is 10.00. The number of nitrogens with one attached hydrogen (secondary N) is 1. The van der Waals surface area contributed by atoms with Gasteiger partial charge in [-0.2, -0.15) is 0 Å². The number of carboxylic acid groups (broad SMARTS) is 1. The zero-order valence-electron chi connectivity index (χ0n) is 20.2. The van der Waals surface area contributed by atoms with Crippen LogP contribution in [-0.2, 0) is 0 Å². The van der Waals surface area contributed by atoms with Gasteiger partial charge in [0.25, 0.3) is 0 Å². The molecule has 0 atom stereocenters. The predicted molar refractivity (Wildman–Crippen MR) is 148 cm³/mol. The van der Waals surface area contributed by atoms with E-state index in [1.54, 1.807) is 30.4 Å². The van der Waals surface area contributed by atoms with Crippen LogP contribution in [0.15, 0.2) is 95.4 Å². The maximum absolute atomic E-state index is 11.2. The number of allylic oxidation sites excluding steroid dienone is 4. The Balaban J connectivity index is 1.69. The third-order valence-electron chi connectivity index (χ3n) is 5.49. The topological polar surface area (TPSA) is 78.8 Å². The molecule has 0 aromatic heterocycles. The number of aliphatic hydroxyl groups is 1. The maximum Gasteiger partial charge on any atom is 0.335 e. The van der Waals surface area contributed by atoms with E-state index < -0.39 is 5.97 Å². The lowest BCUT2D eigenvalue weighted by molar-refractivity contribution is 0.0697. The highest BCUT2D eigenvalue weighted by molar-refractivity contribution is 6.30. The second-order valence-electron chi connectivity index (χ2n) is 8.46. The number of ether oxygens (including phenoxy) is 1. The molecule has 0 aliphatic carbocycles. The standard InChI is InChI=1S/C29H29Cl2NO4/c1-19(2)28(33)27(32-17-25(31)5-3-4-14-30)18-36-26-12-10-20(11-13-26)21-6-7-23-16-24(29(34)35)9-8-22(23)15-21/h3-13,15-16,19,32-33H,14,17-18H2,1-2H3,(H,34,35)/b4-3-,25-5+,28-27-. The predicted octanol–water partition coefficient (Wildman–Crippen LogP) is 7.52. The summed E-state index contributed by atoms with van der Waals surface area (Å²) in [6, 6.07) is 18.7. The molecule has 0 saturated heterocycles. The van der Waals surface area contributed by atoms with Crippen LogP contribution in [-0.4, -0.2) is 35.2 Å². The molecule has 0 aliphatic rings. The highest BCUT2D eigenvalue weighted by Gasteiger charge is 2.11. The van der Waals surface area contributed by atoms with Crippen molar-refractivity contribution in [1.29, 1.82) is 0 Å². The third kappa shape index (κ3) is 7.54. The highest BCUT2D eigenvalue weighted by Crippen LogP contribution is 2.27. The smallest absolute Gasteiger partial charge is 0.335 e. The second-order valence-corrected chi connectivity index (χ2v) is 9.26. The molecule has 0 spiro atoms. The van der Waals surface area contributed by atoms with E-state index in [9.17, 15) is 15.0 Å². The number of benzene rings is 3. The van der Waals surface area contributed by atoms with Gasteiger partial charge in [0.2, 0.25) is 0 Å². The van der Waals surface area contributed by atoms with Gasteiger partial charge in [0.05, 0.1) is 17.8 Å². The summed E-state index contributed by atoms with van der Waals surface area (Å²) in [6.45, 7) is 4.31. The molecule has 36 heavy (non-hydrogen) atoms. The molecule has 5 nitrogen and oxygen atoms in total. The van der Waals surface area contributed by atoms with E-state index in [4.69, 9.17) is 27.9 Å². The van der Waals surface area contributed by atoms with Crippen LogP contribution in [0.3, 0.4) is 0 Å². The van der Waals surface area contributed by atoms with Crippen LogP contribution in [0.2, 0.25) is 0 Å². The van der Waals surface area contributed by atoms with Gasteiger partial charge in [-0.15, -0.1) is 11.6 Å². The molecule has 0 amide bonds. The van der Waals surface area contributed by atoms with Crippen LogP contribution in [0.4, 0.5) is 0 Å². The number of aliphatic hydroxyl groups excluding tert-OH is 1. The molecule has 3 rings (SSSR count). The second kappa shape index (κ2) is 13.1. The molecule has 3 aromatic carbocycles. The van der Waals surface area contributed by atoms with E-state index in [2.05, 4.69) is 5.32 Å². The maximum atomic E-state index is 11.2. The number of carbonyl (C=O) groups is 1. The zero-order chi connectivity index (χ0) is 26.1. The Bertz CT molecular complexity index is 1290. The quantitative estimate of drug-likeness (QED) is 0.137. The summed E-state index contributed by atoms with van der Waals surface area (Å²) in [6.07, 6.45) is 5.31. The molecule has 0 bridgehead atoms. The fourth-order valence-electron chi connectivity index (χ4n) is 3.50. The first-order valence-corrected chi connectivity index (χ1v) is 12.4.